The molecule has 1 unspecified atom stereocenters. The fourth-order valence-corrected chi connectivity index (χ4v) is 5.01. The Hall–Kier alpha value is -3.64. The number of carbonyl (C=O) groups excluding carboxylic acids is 2. The predicted octanol–water partition coefficient (Wildman–Crippen LogP) is 6.35. The maximum Gasteiger partial charge on any atom is 0.337 e. The molecule has 0 saturated carbocycles. The molecule has 1 aliphatic rings. The molecular weight excluding hydrogens is 533 g/mol. The van der Waals surface area contributed by atoms with Gasteiger partial charge in [-0.15, -0.1) is 0 Å². The van der Waals surface area contributed by atoms with Gasteiger partial charge in [0.15, 0.2) is 0 Å². The second-order valence-corrected chi connectivity index (χ2v) is 9.51. The van der Waals surface area contributed by atoms with E-state index < -0.39 is 11.9 Å². The van der Waals surface area contributed by atoms with Gasteiger partial charge in [-0.3, -0.25) is 4.79 Å². The van der Waals surface area contributed by atoms with Crippen LogP contribution in [-0.4, -0.2) is 24.2 Å². The predicted molar refractivity (Wildman–Crippen MR) is 145 cm³/mol. The number of thioether (sulfide) groups is 1. The monoisotopic (exact) mass is 553 g/mol. The van der Waals surface area contributed by atoms with E-state index in [0.29, 0.717) is 32.8 Å². The number of hydrogen-bond acceptors (Lipinski definition) is 7. The van der Waals surface area contributed by atoms with Crippen LogP contribution in [0.4, 0.5) is 5.69 Å². The van der Waals surface area contributed by atoms with Crippen LogP contribution in [0, 0.1) is 11.3 Å². The van der Waals surface area contributed by atoms with Gasteiger partial charge in [-0.25, -0.2) is 4.79 Å². The molecule has 2 N–H and O–H groups in total. The third kappa shape index (κ3) is 5.86. The van der Waals surface area contributed by atoms with Crippen LogP contribution in [0.2, 0.25) is 10.0 Å². The molecule has 10 heteroatoms. The second kappa shape index (κ2) is 12.1. The van der Waals surface area contributed by atoms with E-state index in [1.54, 1.807) is 37.3 Å². The molecule has 3 aromatic rings. The molecule has 2 heterocycles. The Morgan fingerprint density at radius 1 is 1.14 bits per heavy atom. The van der Waals surface area contributed by atoms with Crippen LogP contribution < -0.4 is 10.6 Å². The highest BCUT2D eigenvalue weighted by atomic mass is 35.5. The first-order valence-corrected chi connectivity index (χ1v) is 13.0. The number of dihydropyridines is 1. The summed E-state index contributed by atoms with van der Waals surface area (Å²) in [6.07, 6.45) is 1.48. The first-order valence-electron chi connectivity index (χ1n) is 11.2. The number of allylic oxidation sites excluding steroid dienone is 1. The van der Waals surface area contributed by atoms with E-state index in [1.807, 2.05) is 30.3 Å². The zero-order valence-corrected chi connectivity index (χ0v) is 21.9. The highest BCUT2D eigenvalue weighted by Gasteiger charge is 2.39. The number of carbonyl (C=O) groups is 2. The number of halogens is 2. The summed E-state index contributed by atoms with van der Waals surface area (Å²) in [6, 6.07) is 19.8. The Morgan fingerprint density at radius 2 is 1.92 bits per heavy atom. The van der Waals surface area contributed by atoms with Crippen molar-refractivity contribution in [1.29, 1.82) is 5.26 Å². The third-order valence-electron chi connectivity index (χ3n) is 5.41. The lowest BCUT2D eigenvalue weighted by molar-refractivity contribution is -0.138. The van der Waals surface area contributed by atoms with Crippen molar-refractivity contribution in [2.45, 2.75) is 12.8 Å². The summed E-state index contributed by atoms with van der Waals surface area (Å²) in [4.78, 5) is 26.0. The average molecular weight is 554 g/mol. The number of esters is 1. The molecule has 0 saturated heterocycles. The first kappa shape index (κ1) is 26.4. The van der Waals surface area contributed by atoms with E-state index in [0.717, 1.165) is 11.8 Å². The van der Waals surface area contributed by atoms with Gasteiger partial charge in [0.1, 0.15) is 5.76 Å². The van der Waals surface area contributed by atoms with Crippen molar-refractivity contribution >= 4 is 58.2 Å². The number of ether oxygens (including phenoxy) is 1. The van der Waals surface area contributed by atoms with Gasteiger partial charge in [-0.2, -0.15) is 5.26 Å². The van der Waals surface area contributed by atoms with Crippen LogP contribution in [0.25, 0.3) is 5.70 Å². The molecule has 1 aromatic heterocycles. The Morgan fingerprint density at radius 3 is 2.59 bits per heavy atom. The molecule has 1 amide bonds. The molecule has 4 rings (SSSR count). The first-order chi connectivity index (χ1) is 17.9. The normalized spacial score (nSPS) is 15.1. The number of benzene rings is 2. The van der Waals surface area contributed by atoms with Crippen molar-refractivity contribution < 1.29 is 18.7 Å². The molecule has 1 aliphatic heterocycles. The van der Waals surface area contributed by atoms with E-state index in [4.69, 9.17) is 32.4 Å². The zero-order valence-electron chi connectivity index (χ0n) is 19.6. The molecule has 7 nitrogen and oxygen atoms in total. The Kier molecular flexibility index (Phi) is 8.62. The molecule has 0 bridgehead atoms. The van der Waals surface area contributed by atoms with E-state index >= 15 is 0 Å². The van der Waals surface area contributed by atoms with Crippen molar-refractivity contribution in [2.24, 2.45) is 0 Å². The van der Waals surface area contributed by atoms with E-state index in [9.17, 15) is 14.9 Å². The van der Waals surface area contributed by atoms with Gasteiger partial charge in [-0.05, 0) is 36.8 Å². The fraction of sp³-hybridized carbons (Fsp3) is 0.148. The second-order valence-electron chi connectivity index (χ2n) is 7.74. The third-order valence-corrected chi connectivity index (χ3v) is 7.25. The molecule has 1 atom stereocenters. The lowest BCUT2D eigenvalue weighted by Gasteiger charge is -2.29. The maximum absolute atomic E-state index is 13.2. The van der Waals surface area contributed by atoms with Crippen LogP contribution >= 0.6 is 35.0 Å². The van der Waals surface area contributed by atoms with Crippen LogP contribution in [0.15, 0.2) is 87.5 Å². The van der Waals surface area contributed by atoms with Crippen molar-refractivity contribution in [2.75, 3.05) is 17.7 Å². The number of anilines is 1. The number of furan rings is 1. The Bertz CT molecular complexity index is 1410. The van der Waals surface area contributed by atoms with Gasteiger partial charge >= 0.3 is 5.97 Å². The van der Waals surface area contributed by atoms with Crippen LogP contribution in [-0.2, 0) is 14.3 Å². The summed E-state index contributed by atoms with van der Waals surface area (Å²) < 4.78 is 11.0. The van der Waals surface area contributed by atoms with E-state index in [1.165, 1.54) is 6.26 Å². The number of nitriles is 1. The van der Waals surface area contributed by atoms with Gasteiger partial charge in [-0.1, -0.05) is 71.4 Å². The van der Waals surface area contributed by atoms with Crippen LogP contribution in [0.5, 0.6) is 0 Å². The van der Waals surface area contributed by atoms with Crippen molar-refractivity contribution in [3.8, 4) is 6.07 Å². The number of hydrogen-bond donors (Lipinski definition) is 2. The minimum Gasteiger partial charge on any atom is -0.468 e. The topological polar surface area (TPSA) is 104 Å². The standard InChI is InChI=1S/C27H21Cl2N3O4S/c1-2-35-27(34)23-22(20-12-7-13-36-20)17(14-30)26(32-25(23)16-8-4-3-5-9-16)37-15-21(33)31-19-11-6-10-18(28)24(19)29/h3-13,22,32H,2,15H2,1H3,(H,31,33). The number of nitrogens with zero attached hydrogens (tertiary/aromatic N) is 1. The Labute approximate surface area is 228 Å². The number of nitrogens with one attached hydrogen (secondary N) is 2. The smallest absolute Gasteiger partial charge is 0.337 e. The van der Waals surface area contributed by atoms with Crippen molar-refractivity contribution in [3.63, 3.8) is 0 Å². The molecule has 0 aliphatic carbocycles. The SMILES string of the molecule is CCOC(=O)C1=C(c2ccccc2)NC(SCC(=O)Nc2cccc(Cl)c2Cl)=C(C#N)C1c1ccco1. The van der Waals surface area contributed by atoms with Gasteiger partial charge in [0.25, 0.3) is 0 Å². The van der Waals surface area contributed by atoms with E-state index in [-0.39, 0.29) is 34.4 Å². The number of rotatable bonds is 8. The number of amides is 1. The van der Waals surface area contributed by atoms with E-state index in [2.05, 4.69) is 16.7 Å². The van der Waals surface area contributed by atoms with Crippen LogP contribution in [0.3, 0.4) is 0 Å². The lowest BCUT2D eigenvalue weighted by Crippen LogP contribution is -2.29. The van der Waals surface area contributed by atoms with Gasteiger partial charge in [0.2, 0.25) is 5.91 Å². The molecule has 188 valence electrons. The molecule has 2 aromatic carbocycles. The minimum absolute atomic E-state index is 0.0436. The molecule has 0 spiro atoms. The lowest BCUT2D eigenvalue weighted by atomic mass is 9.84. The molecule has 37 heavy (non-hydrogen) atoms. The largest absolute Gasteiger partial charge is 0.468 e. The quantitative estimate of drug-likeness (QED) is 0.313. The molecule has 0 fully saturated rings. The molecular formula is C27H21Cl2N3O4S. The highest BCUT2D eigenvalue weighted by molar-refractivity contribution is 8.03. The van der Waals surface area contributed by atoms with Crippen molar-refractivity contribution in [1.82, 2.24) is 5.32 Å². The summed E-state index contributed by atoms with van der Waals surface area (Å²) in [5.74, 6) is -1.39. The highest BCUT2D eigenvalue weighted by Crippen LogP contribution is 2.43. The summed E-state index contributed by atoms with van der Waals surface area (Å²) in [5, 5.41) is 17.1. The average Bonchev–Trinajstić information content (AvgIpc) is 3.44. The summed E-state index contributed by atoms with van der Waals surface area (Å²) in [7, 11) is 0. The van der Waals surface area contributed by atoms with Crippen molar-refractivity contribution in [3.05, 3.63) is 104 Å². The van der Waals surface area contributed by atoms with Gasteiger partial charge < -0.3 is 19.8 Å². The molecule has 0 radical (unpaired) electrons. The summed E-state index contributed by atoms with van der Waals surface area (Å²) in [6.45, 7) is 1.88. The fourth-order valence-electron chi connectivity index (χ4n) is 3.82. The van der Waals surface area contributed by atoms with Gasteiger partial charge in [0.05, 0.1) is 68.2 Å². The van der Waals surface area contributed by atoms with Gasteiger partial charge in [0, 0.05) is 0 Å². The Balaban J connectivity index is 1.71. The zero-order chi connectivity index (χ0) is 26.4. The van der Waals surface area contributed by atoms with Crippen LogP contribution in [0.1, 0.15) is 24.2 Å². The maximum atomic E-state index is 13.2. The summed E-state index contributed by atoms with van der Waals surface area (Å²) >= 11 is 13.4. The summed E-state index contributed by atoms with van der Waals surface area (Å²) in [5.41, 5.74) is 2.05. The minimum atomic E-state index is -0.830.